The number of nitrogens with zero attached hydrogens (tertiary/aromatic N) is 2. The Labute approximate surface area is 179 Å². The SMILES string of the molecule is CC1(O)CCC(CNc2ccc(S(=O)(=O)NC(=O)c3cccnc3)cc2[N+](=O)[O-])CC1. The number of nitrogens with one attached hydrogen (secondary N) is 2. The molecular weight excluding hydrogens is 424 g/mol. The van der Waals surface area contributed by atoms with Crippen molar-refractivity contribution in [3.8, 4) is 0 Å². The van der Waals surface area contributed by atoms with Gasteiger partial charge in [-0.1, -0.05) is 0 Å². The highest BCUT2D eigenvalue weighted by molar-refractivity contribution is 7.90. The van der Waals surface area contributed by atoms with Crippen LogP contribution in [0.2, 0.25) is 0 Å². The second-order valence-electron chi connectivity index (χ2n) is 7.93. The van der Waals surface area contributed by atoms with Crippen LogP contribution < -0.4 is 10.0 Å². The minimum Gasteiger partial charge on any atom is -0.390 e. The quantitative estimate of drug-likeness (QED) is 0.431. The minimum absolute atomic E-state index is 0.0466. The molecule has 0 saturated heterocycles. The molecule has 11 heteroatoms. The Morgan fingerprint density at radius 2 is 2.03 bits per heavy atom. The van der Waals surface area contributed by atoms with Gasteiger partial charge in [0.2, 0.25) is 0 Å². The van der Waals surface area contributed by atoms with Gasteiger partial charge in [-0.3, -0.25) is 19.9 Å². The molecule has 0 bridgehead atoms. The Morgan fingerprint density at radius 1 is 1.32 bits per heavy atom. The molecule has 3 N–H and O–H groups in total. The van der Waals surface area contributed by atoms with Crippen LogP contribution in [0, 0.1) is 16.0 Å². The van der Waals surface area contributed by atoms with Crippen molar-refractivity contribution >= 4 is 27.3 Å². The molecule has 0 spiro atoms. The summed E-state index contributed by atoms with van der Waals surface area (Å²) in [5, 5.41) is 24.6. The number of carbonyl (C=O) groups is 1. The summed E-state index contributed by atoms with van der Waals surface area (Å²) >= 11 is 0. The van der Waals surface area contributed by atoms with E-state index in [1.807, 2.05) is 4.72 Å². The van der Waals surface area contributed by atoms with Crippen molar-refractivity contribution in [3.05, 3.63) is 58.4 Å². The van der Waals surface area contributed by atoms with E-state index in [9.17, 15) is 28.4 Å². The molecule has 10 nitrogen and oxygen atoms in total. The van der Waals surface area contributed by atoms with Crippen molar-refractivity contribution in [1.29, 1.82) is 0 Å². The van der Waals surface area contributed by atoms with E-state index in [1.54, 1.807) is 6.92 Å². The first kappa shape index (κ1) is 22.6. The first-order valence-corrected chi connectivity index (χ1v) is 11.3. The first-order chi connectivity index (χ1) is 14.6. The minimum atomic E-state index is -4.32. The normalized spacial score (nSPS) is 21.3. The first-order valence-electron chi connectivity index (χ1n) is 9.79. The van der Waals surface area contributed by atoms with Crippen LogP contribution in [0.15, 0.2) is 47.6 Å². The van der Waals surface area contributed by atoms with E-state index in [0.29, 0.717) is 19.4 Å². The number of nitro groups is 1. The van der Waals surface area contributed by atoms with Crippen molar-refractivity contribution in [2.45, 2.75) is 43.1 Å². The highest BCUT2D eigenvalue weighted by Crippen LogP contribution is 2.33. The Kier molecular flexibility index (Phi) is 6.56. The smallest absolute Gasteiger partial charge is 0.293 e. The predicted molar refractivity (Wildman–Crippen MR) is 113 cm³/mol. The average molecular weight is 449 g/mol. The summed E-state index contributed by atoms with van der Waals surface area (Å²) in [6, 6.07) is 6.34. The largest absolute Gasteiger partial charge is 0.390 e. The molecule has 166 valence electrons. The number of benzene rings is 1. The van der Waals surface area contributed by atoms with Crippen molar-refractivity contribution in [2.24, 2.45) is 5.92 Å². The van der Waals surface area contributed by atoms with Crippen molar-refractivity contribution in [1.82, 2.24) is 9.71 Å². The third-order valence-corrected chi connectivity index (χ3v) is 6.72. The summed E-state index contributed by atoms with van der Waals surface area (Å²) in [5.41, 5.74) is -0.830. The molecule has 1 aromatic heterocycles. The second kappa shape index (κ2) is 8.98. The van der Waals surface area contributed by atoms with Crippen molar-refractivity contribution in [2.75, 3.05) is 11.9 Å². The van der Waals surface area contributed by atoms with E-state index in [4.69, 9.17) is 0 Å². The molecule has 1 aliphatic rings. The maximum Gasteiger partial charge on any atom is 0.293 e. The van der Waals surface area contributed by atoms with Gasteiger partial charge in [0.1, 0.15) is 5.69 Å². The molecule has 0 unspecified atom stereocenters. The van der Waals surface area contributed by atoms with Gasteiger partial charge in [0.05, 0.1) is 21.0 Å². The fraction of sp³-hybridized carbons (Fsp3) is 0.400. The van der Waals surface area contributed by atoms with Gasteiger partial charge in [-0.25, -0.2) is 13.1 Å². The Morgan fingerprint density at radius 3 is 2.65 bits per heavy atom. The molecule has 1 amide bonds. The lowest BCUT2D eigenvalue weighted by molar-refractivity contribution is -0.384. The summed E-state index contributed by atoms with van der Waals surface area (Å²) in [6.07, 6.45) is 5.56. The zero-order valence-electron chi connectivity index (χ0n) is 16.9. The molecule has 0 aliphatic heterocycles. The number of sulfonamides is 1. The Hall–Kier alpha value is -3.05. The monoisotopic (exact) mass is 448 g/mol. The standard InChI is InChI=1S/C20H24N4O6S/c1-20(26)8-6-14(7-9-20)12-22-17-5-4-16(11-18(17)24(27)28)31(29,30)23-19(25)15-3-2-10-21-13-15/h2-5,10-11,13-14,22,26H,6-9,12H2,1H3,(H,23,25). The lowest BCUT2D eigenvalue weighted by Gasteiger charge is -2.33. The van der Waals surface area contributed by atoms with E-state index in [1.165, 1.54) is 36.7 Å². The third-order valence-electron chi connectivity index (χ3n) is 5.39. The number of carbonyl (C=O) groups excluding carboxylic acids is 1. The summed E-state index contributed by atoms with van der Waals surface area (Å²) in [7, 11) is -4.32. The topological polar surface area (TPSA) is 152 Å². The van der Waals surface area contributed by atoms with Crippen LogP contribution in [-0.2, 0) is 10.0 Å². The number of anilines is 1. The maximum absolute atomic E-state index is 12.5. The van der Waals surface area contributed by atoms with E-state index < -0.39 is 37.0 Å². The molecule has 1 aliphatic carbocycles. The third kappa shape index (κ3) is 5.76. The van der Waals surface area contributed by atoms with Crippen LogP contribution in [0.25, 0.3) is 0 Å². The number of rotatable bonds is 7. The van der Waals surface area contributed by atoms with Crippen LogP contribution in [0.5, 0.6) is 0 Å². The number of aliphatic hydroxyl groups is 1. The highest BCUT2D eigenvalue weighted by atomic mass is 32.2. The van der Waals surface area contributed by atoms with Crippen LogP contribution >= 0.6 is 0 Å². The number of amides is 1. The lowest BCUT2D eigenvalue weighted by Crippen LogP contribution is -2.32. The summed E-state index contributed by atoms with van der Waals surface area (Å²) in [4.78, 5) is 26.4. The highest BCUT2D eigenvalue weighted by Gasteiger charge is 2.29. The van der Waals surface area contributed by atoms with E-state index >= 15 is 0 Å². The van der Waals surface area contributed by atoms with E-state index in [-0.39, 0.29) is 17.2 Å². The molecule has 1 heterocycles. The zero-order chi connectivity index (χ0) is 22.6. The molecule has 31 heavy (non-hydrogen) atoms. The molecule has 1 saturated carbocycles. The average Bonchev–Trinajstić information content (AvgIpc) is 2.73. The molecule has 2 aromatic rings. The molecule has 0 radical (unpaired) electrons. The van der Waals surface area contributed by atoms with E-state index in [2.05, 4.69) is 10.3 Å². The second-order valence-corrected chi connectivity index (χ2v) is 9.62. The van der Waals surface area contributed by atoms with Crippen molar-refractivity contribution < 1.29 is 23.2 Å². The zero-order valence-corrected chi connectivity index (χ0v) is 17.8. The number of nitro benzene ring substituents is 1. The fourth-order valence-electron chi connectivity index (χ4n) is 3.47. The predicted octanol–water partition coefficient (Wildman–Crippen LogP) is 2.46. The molecule has 3 rings (SSSR count). The van der Waals surface area contributed by atoms with Gasteiger partial charge in [-0.15, -0.1) is 0 Å². The van der Waals surface area contributed by atoms with Crippen LogP contribution in [-0.4, -0.2) is 41.5 Å². The molecule has 1 aromatic carbocycles. The maximum atomic E-state index is 12.5. The molecule has 1 fully saturated rings. The number of hydrogen-bond acceptors (Lipinski definition) is 8. The van der Waals surface area contributed by atoms with Gasteiger partial charge in [-0.05, 0) is 62.8 Å². The Balaban J connectivity index is 1.73. The number of aromatic nitrogens is 1. The van der Waals surface area contributed by atoms with Gasteiger partial charge < -0.3 is 10.4 Å². The lowest BCUT2D eigenvalue weighted by atomic mass is 9.80. The van der Waals surface area contributed by atoms with E-state index in [0.717, 1.165) is 18.9 Å². The van der Waals surface area contributed by atoms with Gasteiger partial charge in [0.25, 0.3) is 21.6 Å². The Bertz CT molecular complexity index is 1060. The summed E-state index contributed by atoms with van der Waals surface area (Å²) in [5.74, 6) is -0.631. The number of hydrogen-bond donors (Lipinski definition) is 3. The molecule has 0 atom stereocenters. The molecular formula is C20H24N4O6S. The van der Waals surface area contributed by atoms with Gasteiger partial charge in [0, 0.05) is 25.0 Å². The van der Waals surface area contributed by atoms with Crippen LogP contribution in [0.3, 0.4) is 0 Å². The van der Waals surface area contributed by atoms with Gasteiger partial charge >= 0.3 is 0 Å². The number of pyridine rings is 1. The van der Waals surface area contributed by atoms with Crippen LogP contribution in [0.4, 0.5) is 11.4 Å². The van der Waals surface area contributed by atoms with Crippen molar-refractivity contribution in [3.63, 3.8) is 0 Å². The summed E-state index contributed by atoms with van der Waals surface area (Å²) in [6.45, 7) is 2.27. The fourth-order valence-corrected chi connectivity index (χ4v) is 4.47. The summed E-state index contributed by atoms with van der Waals surface area (Å²) < 4.78 is 27.0. The van der Waals surface area contributed by atoms with Crippen LogP contribution in [0.1, 0.15) is 43.0 Å². The van der Waals surface area contributed by atoms with Gasteiger partial charge in [-0.2, -0.15) is 0 Å². The van der Waals surface area contributed by atoms with Gasteiger partial charge in [0.15, 0.2) is 0 Å².